The average molecular weight is 328 g/mol. The normalized spacial score (nSPS) is 11.0. The number of hydrogen-bond donors (Lipinski definition) is 1. The Morgan fingerprint density at radius 1 is 1.29 bits per heavy atom. The molecule has 0 radical (unpaired) electrons. The second kappa shape index (κ2) is 6.06. The summed E-state index contributed by atoms with van der Waals surface area (Å²) in [5.41, 5.74) is 0.116. The Balaban J connectivity index is 2.36. The van der Waals surface area contributed by atoms with Crippen LogP contribution in [0.5, 0.6) is 0 Å². The smallest absolute Gasteiger partial charge is 0.337 e. The summed E-state index contributed by atoms with van der Waals surface area (Å²) in [6, 6.07) is 5.40. The Morgan fingerprint density at radius 2 is 2.00 bits per heavy atom. The van der Waals surface area contributed by atoms with Gasteiger partial charge in [-0.3, -0.25) is 4.72 Å². The van der Waals surface area contributed by atoms with E-state index in [1.807, 2.05) is 0 Å². The molecule has 0 unspecified atom stereocenters. The first-order valence-electron chi connectivity index (χ1n) is 5.62. The maximum atomic E-state index is 12.2. The zero-order valence-corrected chi connectivity index (χ0v) is 12.4. The molecular formula is C12H10ClN3O4S. The van der Waals surface area contributed by atoms with Crippen molar-refractivity contribution in [1.29, 1.82) is 0 Å². The fourth-order valence-electron chi connectivity index (χ4n) is 1.48. The number of hydrogen-bond acceptors (Lipinski definition) is 6. The molecule has 7 nitrogen and oxygen atoms in total. The Bertz CT molecular complexity index is 780. The minimum absolute atomic E-state index is 0.0785. The molecule has 9 heteroatoms. The molecule has 0 spiro atoms. The molecule has 0 amide bonds. The molecule has 0 aliphatic carbocycles. The van der Waals surface area contributed by atoms with Crippen molar-refractivity contribution in [2.24, 2.45) is 0 Å². The van der Waals surface area contributed by atoms with Crippen LogP contribution in [0.1, 0.15) is 10.4 Å². The Morgan fingerprint density at radius 3 is 2.67 bits per heavy atom. The molecule has 0 bridgehead atoms. The van der Waals surface area contributed by atoms with Crippen molar-refractivity contribution in [3.8, 4) is 0 Å². The molecule has 1 heterocycles. The van der Waals surface area contributed by atoms with Gasteiger partial charge in [-0.25, -0.2) is 23.2 Å². The van der Waals surface area contributed by atoms with E-state index in [1.165, 1.54) is 43.8 Å². The third-order valence-electron chi connectivity index (χ3n) is 2.45. The van der Waals surface area contributed by atoms with Crippen molar-refractivity contribution < 1.29 is 17.9 Å². The molecule has 1 aromatic carbocycles. The van der Waals surface area contributed by atoms with E-state index >= 15 is 0 Å². The van der Waals surface area contributed by atoms with Gasteiger partial charge in [0.2, 0.25) is 0 Å². The van der Waals surface area contributed by atoms with Crippen molar-refractivity contribution >= 4 is 33.4 Å². The number of rotatable bonds is 4. The monoisotopic (exact) mass is 327 g/mol. The van der Waals surface area contributed by atoms with E-state index in [-0.39, 0.29) is 21.4 Å². The lowest BCUT2D eigenvalue weighted by Crippen LogP contribution is -2.15. The molecule has 2 aromatic rings. The van der Waals surface area contributed by atoms with Crippen molar-refractivity contribution in [3.05, 3.63) is 47.4 Å². The maximum absolute atomic E-state index is 12.2. The first-order valence-corrected chi connectivity index (χ1v) is 7.48. The van der Waals surface area contributed by atoms with E-state index in [2.05, 4.69) is 19.4 Å². The molecule has 21 heavy (non-hydrogen) atoms. The Hall–Kier alpha value is -2.19. The van der Waals surface area contributed by atoms with Crippen LogP contribution in [-0.4, -0.2) is 31.5 Å². The van der Waals surface area contributed by atoms with E-state index < -0.39 is 16.0 Å². The van der Waals surface area contributed by atoms with Gasteiger partial charge in [-0.1, -0.05) is 17.7 Å². The molecule has 1 N–H and O–H groups in total. The first kappa shape index (κ1) is 15.2. The average Bonchev–Trinajstić information content (AvgIpc) is 2.49. The molecule has 0 fully saturated rings. The number of carbonyl (C=O) groups is 1. The second-order valence-corrected chi connectivity index (χ2v) is 5.86. The van der Waals surface area contributed by atoms with E-state index in [0.29, 0.717) is 0 Å². The van der Waals surface area contributed by atoms with Gasteiger partial charge in [0.1, 0.15) is 0 Å². The highest BCUT2D eigenvalue weighted by atomic mass is 35.5. The highest BCUT2D eigenvalue weighted by Gasteiger charge is 2.18. The summed E-state index contributed by atoms with van der Waals surface area (Å²) in [6.07, 6.45) is 2.63. The van der Waals surface area contributed by atoms with Crippen LogP contribution in [0.4, 0.5) is 5.82 Å². The maximum Gasteiger partial charge on any atom is 0.337 e. The van der Waals surface area contributed by atoms with Crippen LogP contribution in [-0.2, 0) is 14.8 Å². The number of halogens is 1. The number of benzene rings is 1. The fraction of sp³-hybridized carbons (Fsp3) is 0.0833. The lowest BCUT2D eigenvalue weighted by molar-refractivity contribution is 0.0600. The molecule has 110 valence electrons. The third kappa shape index (κ3) is 3.47. The molecular weight excluding hydrogens is 318 g/mol. The van der Waals surface area contributed by atoms with Gasteiger partial charge in [0, 0.05) is 12.4 Å². The predicted octanol–water partition coefficient (Wildman–Crippen LogP) is 1.72. The fourth-order valence-corrected chi connectivity index (χ4v) is 2.75. The Labute approximate surface area is 126 Å². The van der Waals surface area contributed by atoms with Crippen LogP contribution in [0.2, 0.25) is 5.15 Å². The van der Waals surface area contributed by atoms with E-state index in [9.17, 15) is 13.2 Å². The second-order valence-electron chi connectivity index (χ2n) is 3.82. The van der Waals surface area contributed by atoms with E-state index in [4.69, 9.17) is 11.6 Å². The number of carbonyl (C=O) groups excluding carboxylic acids is 1. The molecule has 1 aromatic heterocycles. The summed E-state index contributed by atoms with van der Waals surface area (Å²) < 4.78 is 31.2. The molecule has 0 saturated heterocycles. The number of methoxy groups -OCH3 is 1. The van der Waals surface area contributed by atoms with Crippen LogP contribution in [0, 0.1) is 0 Å². The SMILES string of the molecule is COC(=O)c1cccc(S(=O)(=O)Nc2nccnc2Cl)c1. The number of ether oxygens (including phenoxy) is 1. The minimum atomic E-state index is -3.94. The summed E-state index contributed by atoms with van der Waals surface area (Å²) in [7, 11) is -2.74. The predicted molar refractivity (Wildman–Crippen MR) is 75.6 cm³/mol. The number of nitrogens with one attached hydrogen (secondary N) is 1. The largest absolute Gasteiger partial charge is 0.465 e. The first-order chi connectivity index (χ1) is 9.94. The zero-order valence-electron chi connectivity index (χ0n) is 10.8. The van der Waals surface area contributed by atoms with Gasteiger partial charge >= 0.3 is 5.97 Å². The highest BCUT2D eigenvalue weighted by molar-refractivity contribution is 7.92. The van der Waals surface area contributed by atoms with Crippen molar-refractivity contribution in [2.75, 3.05) is 11.8 Å². The summed E-state index contributed by atoms with van der Waals surface area (Å²) in [5, 5.41) is -0.0785. The summed E-state index contributed by atoms with van der Waals surface area (Å²) in [5.74, 6) is -0.729. The van der Waals surface area contributed by atoms with Crippen LogP contribution in [0.25, 0.3) is 0 Å². The van der Waals surface area contributed by atoms with Crippen LogP contribution < -0.4 is 4.72 Å². The van der Waals surface area contributed by atoms with Gasteiger partial charge in [-0.15, -0.1) is 0 Å². The van der Waals surface area contributed by atoms with Crippen molar-refractivity contribution in [1.82, 2.24) is 9.97 Å². The summed E-state index contributed by atoms with van der Waals surface area (Å²) in [4.78, 5) is 18.8. The molecule has 0 atom stereocenters. The number of esters is 1. The topological polar surface area (TPSA) is 98.2 Å². The Kier molecular flexibility index (Phi) is 4.39. The molecule has 2 rings (SSSR count). The van der Waals surface area contributed by atoms with Crippen molar-refractivity contribution in [2.45, 2.75) is 4.90 Å². The number of sulfonamides is 1. The quantitative estimate of drug-likeness (QED) is 0.858. The van der Waals surface area contributed by atoms with Gasteiger partial charge in [-0.05, 0) is 18.2 Å². The van der Waals surface area contributed by atoms with Crippen LogP contribution in [0.3, 0.4) is 0 Å². The molecule has 0 saturated carbocycles. The van der Waals surface area contributed by atoms with E-state index in [1.54, 1.807) is 0 Å². The number of nitrogens with zero attached hydrogens (tertiary/aromatic N) is 2. The zero-order chi connectivity index (χ0) is 15.5. The minimum Gasteiger partial charge on any atom is -0.465 e. The van der Waals surface area contributed by atoms with Gasteiger partial charge in [0.05, 0.1) is 17.6 Å². The van der Waals surface area contributed by atoms with Gasteiger partial charge < -0.3 is 4.74 Å². The number of aromatic nitrogens is 2. The van der Waals surface area contributed by atoms with Gasteiger partial charge in [0.25, 0.3) is 10.0 Å². The number of anilines is 1. The lowest BCUT2D eigenvalue weighted by atomic mass is 10.2. The van der Waals surface area contributed by atoms with Crippen molar-refractivity contribution in [3.63, 3.8) is 0 Å². The summed E-state index contributed by atoms with van der Waals surface area (Å²) in [6.45, 7) is 0. The van der Waals surface area contributed by atoms with Gasteiger partial charge in [0.15, 0.2) is 11.0 Å². The van der Waals surface area contributed by atoms with Crippen LogP contribution in [0.15, 0.2) is 41.6 Å². The molecule has 0 aliphatic heterocycles. The lowest BCUT2D eigenvalue weighted by Gasteiger charge is -2.08. The van der Waals surface area contributed by atoms with Crippen LogP contribution >= 0.6 is 11.6 Å². The summed E-state index contributed by atoms with van der Waals surface area (Å²) >= 11 is 5.75. The highest BCUT2D eigenvalue weighted by Crippen LogP contribution is 2.20. The standard InChI is InChI=1S/C12H10ClN3O4S/c1-20-12(17)8-3-2-4-9(7-8)21(18,19)16-11-10(13)14-5-6-15-11/h2-7H,1H3,(H,15,16). The third-order valence-corrected chi connectivity index (χ3v) is 4.06. The van der Waals surface area contributed by atoms with E-state index in [0.717, 1.165) is 0 Å². The molecule has 0 aliphatic rings. The van der Waals surface area contributed by atoms with Gasteiger partial charge in [-0.2, -0.15) is 0 Å².